The second kappa shape index (κ2) is 6.16. The van der Waals surface area contributed by atoms with Crippen molar-refractivity contribution in [1.82, 2.24) is 20.0 Å². The molecule has 2 aliphatic rings. The first kappa shape index (κ1) is 14.5. The molecule has 2 aromatic rings. The Balaban J connectivity index is 1.36. The summed E-state index contributed by atoms with van der Waals surface area (Å²) in [5.74, 6) is 0.646. The summed E-state index contributed by atoms with van der Waals surface area (Å²) in [7, 11) is 0. The number of aromatic amines is 1. The highest BCUT2D eigenvalue weighted by molar-refractivity contribution is 5.78. The van der Waals surface area contributed by atoms with E-state index in [0.717, 1.165) is 44.7 Å². The normalized spacial score (nSPS) is 21.4. The maximum Gasteiger partial charge on any atom is 0.236 e. The number of carbonyl (C=O) groups is 1. The highest BCUT2D eigenvalue weighted by Gasteiger charge is 2.28. The van der Waals surface area contributed by atoms with Gasteiger partial charge < -0.3 is 4.90 Å². The lowest BCUT2D eigenvalue weighted by molar-refractivity contribution is -0.133. The Bertz CT molecular complexity index is 657. The van der Waals surface area contributed by atoms with Crippen LogP contribution in [0.3, 0.4) is 0 Å². The fourth-order valence-electron chi connectivity index (χ4n) is 3.76. The number of likely N-dealkylation sites (tertiary alicyclic amines) is 1. The Morgan fingerprint density at radius 3 is 2.70 bits per heavy atom. The Hall–Kier alpha value is -2.14. The molecule has 23 heavy (non-hydrogen) atoms. The van der Waals surface area contributed by atoms with Gasteiger partial charge in [0, 0.05) is 44.0 Å². The van der Waals surface area contributed by atoms with E-state index in [2.05, 4.69) is 39.4 Å². The van der Waals surface area contributed by atoms with Crippen LogP contribution in [0.1, 0.15) is 35.6 Å². The Labute approximate surface area is 136 Å². The molecule has 2 aliphatic heterocycles. The fourth-order valence-corrected chi connectivity index (χ4v) is 3.76. The molecule has 0 saturated carbocycles. The average molecular weight is 310 g/mol. The molecule has 0 spiro atoms. The van der Waals surface area contributed by atoms with Gasteiger partial charge in [-0.25, -0.2) is 0 Å². The van der Waals surface area contributed by atoms with Crippen LogP contribution in [0.2, 0.25) is 0 Å². The van der Waals surface area contributed by atoms with E-state index in [0.29, 0.717) is 12.5 Å². The molecular weight excluding hydrogens is 288 g/mol. The number of benzene rings is 1. The van der Waals surface area contributed by atoms with E-state index in [1.54, 1.807) is 6.20 Å². The third-order valence-electron chi connectivity index (χ3n) is 5.00. The molecule has 120 valence electrons. The number of hydrogen-bond donors (Lipinski definition) is 1. The molecule has 1 saturated heterocycles. The number of aromatic nitrogens is 2. The van der Waals surface area contributed by atoms with Gasteiger partial charge in [-0.3, -0.25) is 14.8 Å². The Morgan fingerprint density at radius 2 is 2.00 bits per heavy atom. The van der Waals surface area contributed by atoms with Gasteiger partial charge in [0.2, 0.25) is 5.91 Å². The van der Waals surface area contributed by atoms with E-state index in [9.17, 15) is 4.79 Å². The van der Waals surface area contributed by atoms with Gasteiger partial charge in [-0.05, 0) is 30.0 Å². The highest BCUT2D eigenvalue weighted by atomic mass is 16.2. The van der Waals surface area contributed by atoms with Crippen molar-refractivity contribution in [1.29, 1.82) is 0 Å². The second-order valence-corrected chi connectivity index (χ2v) is 6.60. The van der Waals surface area contributed by atoms with Crippen molar-refractivity contribution in [2.45, 2.75) is 31.8 Å². The summed E-state index contributed by atoms with van der Waals surface area (Å²) in [4.78, 5) is 16.9. The number of piperidine rings is 1. The molecule has 5 heteroatoms. The summed E-state index contributed by atoms with van der Waals surface area (Å²) in [5.41, 5.74) is 3.86. The van der Waals surface area contributed by atoms with E-state index in [1.807, 2.05) is 11.0 Å². The van der Waals surface area contributed by atoms with Gasteiger partial charge in [-0.1, -0.05) is 24.3 Å². The van der Waals surface area contributed by atoms with Crippen LogP contribution in [0.5, 0.6) is 0 Å². The molecule has 0 bridgehead atoms. The van der Waals surface area contributed by atoms with Gasteiger partial charge in [0.1, 0.15) is 0 Å². The van der Waals surface area contributed by atoms with Gasteiger partial charge in [-0.15, -0.1) is 0 Å². The smallest absolute Gasteiger partial charge is 0.236 e. The number of hydrogen-bond acceptors (Lipinski definition) is 3. The van der Waals surface area contributed by atoms with E-state index >= 15 is 0 Å². The van der Waals surface area contributed by atoms with Crippen molar-refractivity contribution in [3.8, 4) is 0 Å². The van der Waals surface area contributed by atoms with Gasteiger partial charge >= 0.3 is 0 Å². The molecule has 3 heterocycles. The zero-order valence-corrected chi connectivity index (χ0v) is 13.2. The first-order valence-corrected chi connectivity index (χ1v) is 8.36. The zero-order chi connectivity index (χ0) is 15.6. The van der Waals surface area contributed by atoms with Crippen LogP contribution in [-0.4, -0.2) is 45.5 Å². The molecule has 1 N–H and O–H groups in total. The van der Waals surface area contributed by atoms with Crippen LogP contribution in [0, 0.1) is 0 Å². The summed E-state index contributed by atoms with van der Waals surface area (Å²) in [5, 5.41) is 7.09. The van der Waals surface area contributed by atoms with Crippen molar-refractivity contribution in [2.24, 2.45) is 0 Å². The van der Waals surface area contributed by atoms with Gasteiger partial charge in [0.05, 0.1) is 6.54 Å². The Kier molecular flexibility index (Phi) is 3.87. The van der Waals surface area contributed by atoms with Crippen LogP contribution in [0.25, 0.3) is 0 Å². The van der Waals surface area contributed by atoms with E-state index in [4.69, 9.17) is 0 Å². The molecule has 0 radical (unpaired) electrons. The minimum Gasteiger partial charge on any atom is -0.341 e. The molecule has 1 fully saturated rings. The summed E-state index contributed by atoms with van der Waals surface area (Å²) >= 11 is 0. The van der Waals surface area contributed by atoms with E-state index in [1.165, 1.54) is 11.1 Å². The zero-order valence-electron chi connectivity index (χ0n) is 13.2. The highest BCUT2D eigenvalue weighted by Crippen LogP contribution is 2.26. The molecule has 0 unspecified atom stereocenters. The summed E-state index contributed by atoms with van der Waals surface area (Å²) in [6, 6.07) is 10.5. The average Bonchev–Trinajstić information content (AvgIpc) is 3.24. The number of carbonyl (C=O) groups excluding carboxylic acids is 1. The summed E-state index contributed by atoms with van der Waals surface area (Å²) in [6.45, 7) is 3.98. The quantitative estimate of drug-likeness (QED) is 0.945. The second-order valence-electron chi connectivity index (χ2n) is 6.60. The number of nitrogens with one attached hydrogen (secondary N) is 1. The molecule has 4 rings (SSSR count). The van der Waals surface area contributed by atoms with E-state index in [-0.39, 0.29) is 5.91 Å². The van der Waals surface area contributed by atoms with Crippen molar-refractivity contribution in [2.75, 3.05) is 19.6 Å². The molecule has 5 nitrogen and oxygen atoms in total. The maximum absolute atomic E-state index is 12.7. The van der Waals surface area contributed by atoms with Crippen molar-refractivity contribution >= 4 is 5.91 Å². The monoisotopic (exact) mass is 310 g/mol. The standard InChI is InChI=1S/C18H22N4O/c23-18(13-21-10-14-4-1-2-5-15(14)11-21)22-9-3-6-16(12-22)17-7-8-19-20-17/h1-2,4-5,7-8,16H,3,6,9-13H2,(H,19,20)/t16-/m0/s1. The third-order valence-corrected chi connectivity index (χ3v) is 5.00. The van der Waals surface area contributed by atoms with Crippen molar-refractivity contribution < 1.29 is 4.79 Å². The molecule has 1 atom stereocenters. The minimum absolute atomic E-state index is 0.252. The van der Waals surface area contributed by atoms with Crippen molar-refractivity contribution in [3.05, 3.63) is 53.3 Å². The van der Waals surface area contributed by atoms with Gasteiger partial charge in [-0.2, -0.15) is 5.10 Å². The molecule has 1 aromatic carbocycles. The third kappa shape index (κ3) is 3.01. The number of nitrogens with zero attached hydrogens (tertiary/aromatic N) is 3. The lowest BCUT2D eigenvalue weighted by atomic mass is 9.95. The topological polar surface area (TPSA) is 52.2 Å². The Morgan fingerprint density at radius 1 is 1.22 bits per heavy atom. The number of H-pyrrole nitrogens is 1. The maximum atomic E-state index is 12.7. The molecular formula is C18H22N4O. The van der Waals surface area contributed by atoms with Gasteiger partial charge in [0.25, 0.3) is 0 Å². The summed E-state index contributed by atoms with van der Waals surface area (Å²) in [6.07, 6.45) is 3.98. The molecule has 0 aliphatic carbocycles. The lowest BCUT2D eigenvalue weighted by Gasteiger charge is -2.33. The predicted molar refractivity (Wildman–Crippen MR) is 87.7 cm³/mol. The fraction of sp³-hybridized carbons (Fsp3) is 0.444. The molecule has 1 amide bonds. The van der Waals surface area contributed by atoms with Crippen molar-refractivity contribution in [3.63, 3.8) is 0 Å². The number of amides is 1. The van der Waals surface area contributed by atoms with Gasteiger partial charge in [0.15, 0.2) is 0 Å². The predicted octanol–water partition coefficient (Wildman–Crippen LogP) is 2.13. The van der Waals surface area contributed by atoms with Crippen LogP contribution in [0.4, 0.5) is 0 Å². The summed E-state index contributed by atoms with van der Waals surface area (Å²) < 4.78 is 0. The van der Waals surface area contributed by atoms with Crippen LogP contribution >= 0.6 is 0 Å². The van der Waals surface area contributed by atoms with Crippen LogP contribution in [-0.2, 0) is 17.9 Å². The largest absolute Gasteiger partial charge is 0.341 e. The molecule has 1 aromatic heterocycles. The van der Waals surface area contributed by atoms with Crippen LogP contribution in [0.15, 0.2) is 36.5 Å². The SMILES string of the molecule is O=C(CN1Cc2ccccc2C1)N1CCC[C@H](c2ccn[nH]2)C1. The minimum atomic E-state index is 0.252. The van der Waals surface area contributed by atoms with Crippen LogP contribution < -0.4 is 0 Å². The number of rotatable bonds is 3. The number of fused-ring (bicyclic) bond motifs is 1. The van der Waals surface area contributed by atoms with E-state index < -0.39 is 0 Å². The first-order chi connectivity index (χ1) is 11.3. The lowest BCUT2D eigenvalue weighted by Crippen LogP contribution is -2.43. The first-order valence-electron chi connectivity index (χ1n) is 8.36.